The Bertz CT molecular complexity index is 423. The van der Waals surface area contributed by atoms with E-state index < -0.39 is 4.92 Å². The van der Waals surface area contributed by atoms with E-state index >= 15 is 0 Å². The van der Waals surface area contributed by atoms with Crippen molar-refractivity contribution in [2.24, 2.45) is 0 Å². The van der Waals surface area contributed by atoms with Crippen molar-refractivity contribution in [3.05, 3.63) is 46.5 Å². The molecule has 0 saturated carbocycles. The van der Waals surface area contributed by atoms with Crippen molar-refractivity contribution in [2.45, 2.75) is 6.61 Å². The second kappa shape index (κ2) is 7.68. The van der Waals surface area contributed by atoms with Crippen molar-refractivity contribution in [1.29, 1.82) is 0 Å². The number of ether oxygens (including phenoxy) is 2. The van der Waals surface area contributed by atoms with Crippen LogP contribution in [0.15, 0.2) is 30.9 Å². The maximum Gasteiger partial charge on any atom is 0.273 e. The molecule has 0 aromatic heterocycles. The first kappa shape index (κ1) is 14.5. The lowest BCUT2D eigenvalue weighted by Crippen LogP contribution is -2.01. The van der Waals surface area contributed by atoms with Crippen LogP contribution < -0.4 is 4.74 Å². The van der Waals surface area contributed by atoms with Crippen LogP contribution in [-0.2, 0) is 11.3 Å². The van der Waals surface area contributed by atoms with Gasteiger partial charge in [-0.1, -0.05) is 6.08 Å². The summed E-state index contributed by atoms with van der Waals surface area (Å²) in [5.41, 5.74) is 0.648. The number of rotatable bonds is 8. The predicted octanol–water partition coefficient (Wildman–Crippen LogP) is 2.92. The first-order chi connectivity index (χ1) is 8.67. The summed E-state index contributed by atoms with van der Waals surface area (Å²) in [6, 6.07) is 4.52. The molecule has 18 heavy (non-hydrogen) atoms. The topological polar surface area (TPSA) is 61.6 Å². The SMILES string of the molecule is C=CCOCc1cc(OCCCl)cc([N+](=O)[O-])c1. The maximum atomic E-state index is 10.8. The average molecular weight is 272 g/mol. The highest BCUT2D eigenvalue weighted by molar-refractivity contribution is 6.18. The van der Waals surface area contributed by atoms with E-state index in [0.717, 1.165) is 0 Å². The zero-order valence-corrected chi connectivity index (χ0v) is 10.6. The van der Waals surface area contributed by atoms with Gasteiger partial charge in [-0.3, -0.25) is 10.1 Å². The lowest BCUT2D eigenvalue weighted by atomic mass is 10.2. The summed E-state index contributed by atoms with van der Waals surface area (Å²) in [5, 5.41) is 10.8. The van der Waals surface area contributed by atoms with Crippen LogP contribution in [0.1, 0.15) is 5.56 Å². The Balaban J connectivity index is 2.83. The zero-order valence-electron chi connectivity index (χ0n) is 9.80. The molecule has 0 unspecified atom stereocenters. The van der Waals surface area contributed by atoms with Gasteiger partial charge in [-0.05, 0) is 11.6 Å². The summed E-state index contributed by atoms with van der Waals surface area (Å²) in [6.07, 6.45) is 1.61. The number of nitro benzene ring substituents is 1. The molecule has 98 valence electrons. The molecule has 1 aromatic carbocycles. The first-order valence-corrected chi connectivity index (χ1v) is 5.86. The van der Waals surface area contributed by atoms with Crippen LogP contribution >= 0.6 is 11.6 Å². The molecule has 0 amide bonds. The fraction of sp³-hybridized carbons (Fsp3) is 0.333. The monoisotopic (exact) mass is 271 g/mol. The Morgan fingerprint density at radius 2 is 2.22 bits per heavy atom. The minimum atomic E-state index is -0.468. The number of nitrogens with zero attached hydrogens (tertiary/aromatic N) is 1. The Kier molecular flexibility index (Phi) is 6.18. The molecule has 0 spiro atoms. The van der Waals surface area contributed by atoms with Crippen LogP contribution in [0.3, 0.4) is 0 Å². The quantitative estimate of drug-likeness (QED) is 0.240. The fourth-order valence-electron chi connectivity index (χ4n) is 1.33. The van der Waals surface area contributed by atoms with E-state index in [1.807, 2.05) is 0 Å². The Hall–Kier alpha value is -1.59. The molecule has 6 heteroatoms. The molecule has 0 aliphatic rings. The van der Waals surface area contributed by atoms with Crippen molar-refractivity contribution >= 4 is 17.3 Å². The van der Waals surface area contributed by atoms with Gasteiger partial charge in [0.25, 0.3) is 5.69 Å². The summed E-state index contributed by atoms with van der Waals surface area (Å²) in [5.74, 6) is 0.743. The number of hydrogen-bond donors (Lipinski definition) is 0. The number of benzene rings is 1. The third-order valence-electron chi connectivity index (χ3n) is 2.01. The Morgan fingerprint density at radius 1 is 1.44 bits per heavy atom. The van der Waals surface area contributed by atoms with E-state index in [0.29, 0.717) is 30.4 Å². The third-order valence-corrected chi connectivity index (χ3v) is 2.17. The minimum Gasteiger partial charge on any atom is -0.492 e. The molecular formula is C12H14ClNO4. The molecule has 1 rings (SSSR count). The highest BCUT2D eigenvalue weighted by Crippen LogP contribution is 2.23. The Labute approximate surface area is 110 Å². The third kappa shape index (κ3) is 4.73. The van der Waals surface area contributed by atoms with Gasteiger partial charge in [0, 0.05) is 6.07 Å². The van der Waals surface area contributed by atoms with E-state index in [-0.39, 0.29) is 12.3 Å². The summed E-state index contributed by atoms with van der Waals surface area (Å²) in [4.78, 5) is 10.3. The molecule has 0 heterocycles. The number of alkyl halides is 1. The van der Waals surface area contributed by atoms with Crippen molar-refractivity contribution in [2.75, 3.05) is 19.1 Å². The molecule has 0 N–H and O–H groups in total. The second-order valence-electron chi connectivity index (χ2n) is 3.43. The molecule has 0 fully saturated rings. The minimum absolute atomic E-state index is 0.0284. The molecule has 0 aliphatic heterocycles. The van der Waals surface area contributed by atoms with Crippen LogP contribution in [0.2, 0.25) is 0 Å². The average Bonchev–Trinajstić information content (AvgIpc) is 2.36. The normalized spacial score (nSPS) is 10.1. The van der Waals surface area contributed by atoms with Gasteiger partial charge in [0.15, 0.2) is 0 Å². The standard InChI is InChI=1S/C12H14ClNO4/c1-2-4-17-9-10-6-11(14(15)16)8-12(7-10)18-5-3-13/h2,6-8H,1,3-5,9H2. The fourth-order valence-corrected chi connectivity index (χ4v) is 1.41. The van der Waals surface area contributed by atoms with Gasteiger partial charge in [0.05, 0.1) is 30.1 Å². The number of halogens is 1. The molecule has 0 bridgehead atoms. The summed E-state index contributed by atoms with van der Waals surface area (Å²) < 4.78 is 10.5. The zero-order chi connectivity index (χ0) is 13.4. The lowest BCUT2D eigenvalue weighted by Gasteiger charge is -2.07. The molecule has 0 atom stereocenters. The molecule has 1 aromatic rings. The van der Waals surface area contributed by atoms with Crippen LogP contribution in [0.25, 0.3) is 0 Å². The van der Waals surface area contributed by atoms with E-state index in [1.54, 1.807) is 12.1 Å². The van der Waals surface area contributed by atoms with Gasteiger partial charge in [-0.2, -0.15) is 0 Å². The predicted molar refractivity (Wildman–Crippen MR) is 69.2 cm³/mol. The van der Waals surface area contributed by atoms with Gasteiger partial charge in [-0.15, -0.1) is 18.2 Å². The van der Waals surface area contributed by atoms with E-state index in [2.05, 4.69) is 6.58 Å². The number of hydrogen-bond acceptors (Lipinski definition) is 4. The van der Waals surface area contributed by atoms with Gasteiger partial charge >= 0.3 is 0 Å². The van der Waals surface area contributed by atoms with Gasteiger partial charge in [0.2, 0.25) is 0 Å². The van der Waals surface area contributed by atoms with Crippen LogP contribution in [0, 0.1) is 10.1 Å². The van der Waals surface area contributed by atoms with E-state index in [1.165, 1.54) is 12.1 Å². The molecule has 0 radical (unpaired) electrons. The van der Waals surface area contributed by atoms with E-state index in [4.69, 9.17) is 21.1 Å². The van der Waals surface area contributed by atoms with Crippen molar-refractivity contribution in [3.8, 4) is 5.75 Å². The molecule has 0 aliphatic carbocycles. The van der Waals surface area contributed by atoms with Crippen molar-refractivity contribution in [1.82, 2.24) is 0 Å². The maximum absolute atomic E-state index is 10.8. The van der Waals surface area contributed by atoms with Gasteiger partial charge in [0.1, 0.15) is 12.4 Å². The van der Waals surface area contributed by atoms with E-state index in [9.17, 15) is 10.1 Å². The van der Waals surface area contributed by atoms with Gasteiger partial charge in [-0.25, -0.2) is 0 Å². The van der Waals surface area contributed by atoms with Gasteiger partial charge < -0.3 is 9.47 Å². The van der Waals surface area contributed by atoms with Crippen molar-refractivity contribution in [3.63, 3.8) is 0 Å². The smallest absolute Gasteiger partial charge is 0.273 e. The van der Waals surface area contributed by atoms with Crippen molar-refractivity contribution < 1.29 is 14.4 Å². The lowest BCUT2D eigenvalue weighted by molar-refractivity contribution is -0.385. The molecular weight excluding hydrogens is 258 g/mol. The Morgan fingerprint density at radius 3 is 2.83 bits per heavy atom. The highest BCUT2D eigenvalue weighted by atomic mass is 35.5. The largest absolute Gasteiger partial charge is 0.492 e. The summed E-state index contributed by atoms with van der Waals surface area (Å²) in [7, 11) is 0. The van der Waals surface area contributed by atoms with Crippen LogP contribution in [-0.4, -0.2) is 24.0 Å². The molecule has 5 nitrogen and oxygen atoms in total. The van der Waals surface area contributed by atoms with Crippen LogP contribution in [0.4, 0.5) is 5.69 Å². The molecule has 0 saturated heterocycles. The van der Waals surface area contributed by atoms with Crippen LogP contribution in [0.5, 0.6) is 5.75 Å². The first-order valence-electron chi connectivity index (χ1n) is 5.33. The summed E-state index contributed by atoms with van der Waals surface area (Å²) in [6.45, 7) is 4.48. The summed E-state index contributed by atoms with van der Waals surface area (Å²) >= 11 is 5.50. The second-order valence-corrected chi connectivity index (χ2v) is 3.81. The number of nitro groups is 1. The number of non-ortho nitro benzene ring substituents is 1. The highest BCUT2D eigenvalue weighted by Gasteiger charge is 2.10.